The standard InChI is InChI=1S/C32H32N6O4/c1-19(39)34-23-10-11-26-22(15-23)16-25(30-24-14-20(18-38(26)30)17-37-27(24)8-5-9-29(37)40)32(41)33-13-12-28-35-31(36-42-28)21-6-3-2-4-7-21/h2-11,15,20,24-25,30H,12-14,16-18H2,1H3,(H,33,41)(H,34,39)/t20-,24+,25+,30+/m0/s1. The van der Waals surface area contributed by atoms with Crippen LogP contribution in [0.1, 0.15) is 36.4 Å². The van der Waals surface area contributed by atoms with Crippen LogP contribution in [0.3, 0.4) is 0 Å². The summed E-state index contributed by atoms with van der Waals surface area (Å²) in [4.78, 5) is 45.3. The molecule has 0 radical (unpaired) electrons. The van der Waals surface area contributed by atoms with Crippen LogP contribution in [-0.4, -0.2) is 45.7 Å². The van der Waals surface area contributed by atoms with Gasteiger partial charge in [-0.1, -0.05) is 41.6 Å². The van der Waals surface area contributed by atoms with Crippen molar-refractivity contribution >= 4 is 23.2 Å². The third-order valence-corrected chi connectivity index (χ3v) is 8.75. The molecule has 2 aromatic carbocycles. The van der Waals surface area contributed by atoms with Crippen LogP contribution < -0.4 is 21.1 Å². The van der Waals surface area contributed by atoms with Gasteiger partial charge in [-0.15, -0.1) is 0 Å². The van der Waals surface area contributed by atoms with Gasteiger partial charge in [0.25, 0.3) is 5.56 Å². The average Bonchev–Trinajstić information content (AvgIpc) is 3.46. The van der Waals surface area contributed by atoms with E-state index in [1.807, 2.05) is 59.2 Å². The minimum atomic E-state index is -0.347. The summed E-state index contributed by atoms with van der Waals surface area (Å²) in [5.74, 6) is 0.816. The van der Waals surface area contributed by atoms with Gasteiger partial charge < -0.3 is 24.6 Å². The van der Waals surface area contributed by atoms with E-state index in [-0.39, 0.29) is 35.3 Å². The minimum absolute atomic E-state index is 0.0160. The predicted octanol–water partition coefficient (Wildman–Crippen LogP) is 3.38. The van der Waals surface area contributed by atoms with Crippen molar-refractivity contribution in [1.29, 1.82) is 0 Å². The van der Waals surface area contributed by atoms with E-state index in [2.05, 4.69) is 31.7 Å². The number of aromatic nitrogens is 3. The molecule has 2 aromatic heterocycles. The van der Waals surface area contributed by atoms with Crippen molar-refractivity contribution in [2.45, 2.75) is 44.7 Å². The van der Waals surface area contributed by atoms with Crippen molar-refractivity contribution in [1.82, 2.24) is 20.0 Å². The van der Waals surface area contributed by atoms with Gasteiger partial charge >= 0.3 is 0 Å². The number of carbonyl (C=O) groups excluding carboxylic acids is 2. The lowest BCUT2D eigenvalue weighted by Crippen LogP contribution is -2.60. The molecule has 10 nitrogen and oxygen atoms in total. The zero-order valence-corrected chi connectivity index (χ0v) is 23.3. The number of fused-ring (bicyclic) bond motifs is 8. The number of benzene rings is 2. The fourth-order valence-electron chi connectivity index (χ4n) is 7.09. The molecule has 0 saturated carbocycles. The molecule has 3 aliphatic heterocycles. The molecule has 2 amide bonds. The number of hydrogen-bond donors (Lipinski definition) is 2. The number of pyridine rings is 1. The van der Waals surface area contributed by atoms with E-state index in [4.69, 9.17) is 4.52 Å². The van der Waals surface area contributed by atoms with Crippen molar-refractivity contribution in [2.24, 2.45) is 11.8 Å². The fourth-order valence-corrected chi connectivity index (χ4v) is 7.09. The van der Waals surface area contributed by atoms with Gasteiger partial charge in [0.1, 0.15) is 0 Å². The second-order valence-electron chi connectivity index (χ2n) is 11.5. The van der Waals surface area contributed by atoms with Gasteiger partial charge in [-0.05, 0) is 48.6 Å². The number of nitrogens with one attached hydrogen (secondary N) is 2. The molecule has 5 heterocycles. The van der Waals surface area contributed by atoms with E-state index in [1.165, 1.54) is 6.92 Å². The summed E-state index contributed by atoms with van der Waals surface area (Å²) in [7, 11) is 0. The highest BCUT2D eigenvalue weighted by Gasteiger charge is 2.49. The van der Waals surface area contributed by atoms with Gasteiger partial charge in [-0.3, -0.25) is 14.4 Å². The van der Waals surface area contributed by atoms with Crippen LogP contribution in [0.25, 0.3) is 11.4 Å². The Morgan fingerprint density at radius 1 is 1.05 bits per heavy atom. The van der Waals surface area contributed by atoms with Crippen LogP contribution in [0.15, 0.2) is 76.0 Å². The maximum Gasteiger partial charge on any atom is 0.250 e. The number of anilines is 2. The molecular formula is C32H32N6O4. The topological polar surface area (TPSA) is 122 Å². The van der Waals surface area contributed by atoms with Gasteiger partial charge in [-0.25, -0.2) is 0 Å². The van der Waals surface area contributed by atoms with Gasteiger partial charge in [0.15, 0.2) is 0 Å². The summed E-state index contributed by atoms with van der Waals surface area (Å²) >= 11 is 0. The first-order valence-corrected chi connectivity index (χ1v) is 14.5. The van der Waals surface area contributed by atoms with Gasteiger partial charge in [0, 0.05) is 73.6 Å². The quantitative estimate of drug-likeness (QED) is 0.368. The number of piperidine rings is 1. The van der Waals surface area contributed by atoms with Crippen LogP contribution in [-0.2, 0) is 29.0 Å². The lowest BCUT2D eigenvalue weighted by molar-refractivity contribution is -0.126. The first-order chi connectivity index (χ1) is 20.4. The summed E-state index contributed by atoms with van der Waals surface area (Å²) in [5, 5.41) is 10.1. The zero-order valence-electron chi connectivity index (χ0n) is 23.3. The molecule has 1 fully saturated rings. The highest BCUT2D eigenvalue weighted by molar-refractivity contribution is 5.89. The largest absolute Gasteiger partial charge is 0.366 e. The van der Waals surface area contributed by atoms with Crippen molar-refractivity contribution in [2.75, 3.05) is 23.3 Å². The van der Waals surface area contributed by atoms with E-state index >= 15 is 0 Å². The molecule has 0 aliphatic carbocycles. The molecule has 2 bridgehead atoms. The Balaban J connectivity index is 1.16. The van der Waals surface area contributed by atoms with Gasteiger partial charge in [-0.2, -0.15) is 4.98 Å². The number of nitrogens with zero attached hydrogens (tertiary/aromatic N) is 4. The normalized spacial score (nSPS) is 22.0. The first kappa shape index (κ1) is 26.2. The summed E-state index contributed by atoms with van der Waals surface area (Å²) < 4.78 is 7.34. The fraction of sp³-hybridized carbons (Fsp3) is 0.344. The van der Waals surface area contributed by atoms with E-state index < -0.39 is 0 Å². The summed E-state index contributed by atoms with van der Waals surface area (Å²) in [6.07, 6.45) is 1.89. The third-order valence-electron chi connectivity index (χ3n) is 8.75. The van der Waals surface area contributed by atoms with Gasteiger partial charge in [0.05, 0.1) is 5.92 Å². The van der Waals surface area contributed by atoms with E-state index in [1.54, 1.807) is 6.07 Å². The maximum atomic E-state index is 13.9. The van der Waals surface area contributed by atoms with Crippen LogP contribution in [0.4, 0.5) is 11.4 Å². The van der Waals surface area contributed by atoms with Crippen LogP contribution in [0.2, 0.25) is 0 Å². The Bertz CT molecular complexity index is 1710. The maximum absolute atomic E-state index is 13.9. The van der Waals surface area contributed by atoms with E-state index in [0.717, 1.165) is 41.2 Å². The summed E-state index contributed by atoms with van der Waals surface area (Å²) in [5.41, 5.74) is 4.75. The Morgan fingerprint density at radius 3 is 2.74 bits per heavy atom. The number of carbonyl (C=O) groups is 2. The highest BCUT2D eigenvalue weighted by Crippen LogP contribution is 2.48. The van der Waals surface area contributed by atoms with Crippen molar-refractivity contribution in [3.8, 4) is 11.4 Å². The molecule has 4 aromatic rings. The Hall–Kier alpha value is -4.73. The molecule has 0 spiro atoms. The second-order valence-corrected chi connectivity index (χ2v) is 11.5. The van der Waals surface area contributed by atoms with Crippen molar-refractivity contribution in [3.63, 3.8) is 0 Å². The molecule has 3 aliphatic rings. The highest BCUT2D eigenvalue weighted by atomic mass is 16.5. The van der Waals surface area contributed by atoms with Crippen LogP contribution in [0.5, 0.6) is 0 Å². The van der Waals surface area contributed by atoms with Crippen molar-refractivity contribution < 1.29 is 14.1 Å². The zero-order chi connectivity index (χ0) is 28.8. The van der Waals surface area contributed by atoms with Gasteiger partial charge in [0.2, 0.25) is 23.5 Å². The number of amides is 2. The summed E-state index contributed by atoms with van der Waals surface area (Å²) in [6.45, 7) is 3.30. The lowest BCUT2D eigenvalue weighted by atomic mass is 9.69. The molecule has 10 heteroatoms. The Morgan fingerprint density at radius 2 is 1.90 bits per heavy atom. The smallest absolute Gasteiger partial charge is 0.250 e. The molecule has 1 saturated heterocycles. The van der Waals surface area contributed by atoms with Crippen molar-refractivity contribution in [3.05, 3.63) is 94.2 Å². The average molecular weight is 565 g/mol. The molecule has 2 N–H and O–H groups in total. The van der Waals surface area contributed by atoms with Crippen LogP contribution >= 0.6 is 0 Å². The molecule has 0 unspecified atom stereocenters. The summed E-state index contributed by atoms with van der Waals surface area (Å²) in [6, 6.07) is 21.0. The molecule has 42 heavy (non-hydrogen) atoms. The Kier molecular flexibility index (Phi) is 6.60. The number of hydrogen-bond acceptors (Lipinski definition) is 7. The molecule has 7 rings (SSSR count). The minimum Gasteiger partial charge on any atom is -0.366 e. The molecule has 214 valence electrons. The lowest BCUT2D eigenvalue weighted by Gasteiger charge is -2.54. The molecule has 4 atom stereocenters. The van der Waals surface area contributed by atoms with Crippen LogP contribution in [0, 0.1) is 11.8 Å². The van der Waals surface area contributed by atoms with E-state index in [9.17, 15) is 14.4 Å². The third kappa shape index (κ3) is 4.76. The second kappa shape index (κ2) is 10.6. The predicted molar refractivity (Wildman–Crippen MR) is 157 cm³/mol. The SMILES string of the molecule is CC(=O)Nc1ccc2c(c1)C[C@@H](C(=O)NCCc1nc(-c3ccccc3)no1)[C@H]1[C@@H]3C[C@H](CN21)Cn1c3cccc1=O. The first-order valence-electron chi connectivity index (χ1n) is 14.5. The van der Waals surface area contributed by atoms with E-state index in [0.29, 0.717) is 43.6 Å². The Labute approximate surface area is 242 Å². The number of rotatable bonds is 6. The monoisotopic (exact) mass is 564 g/mol. The molecular weight excluding hydrogens is 532 g/mol.